The SMILES string of the molecule is CCCCCCN1N=CN(C)C1C(F)(F)C(F)(F)F. The van der Waals surface area contributed by atoms with Crippen molar-refractivity contribution < 1.29 is 22.0 Å². The van der Waals surface area contributed by atoms with Gasteiger partial charge in [0, 0.05) is 13.6 Å². The van der Waals surface area contributed by atoms with Crippen molar-refractivity contribution in [2.45, 2.75) is 50.9 Å². The van der Waals surface area contributed by atoms with Crippen molar-refractivity contribution >= 4 is 6.34 Å². The maximum Gasteiger partial charge on any atom is 0.457 e. The molecule has 0 spiro atoms. The molecule has 1 atom stereocenters. The second-order valence-corrected chi connectivity index (χ2v) is 4.61. The van der Waals surface area contributed by atoms with Gasteiger partial charge in [0.1, 0.15) is 6.34 Å². The van der Waals surface area contributed by atoms with Crippen molar-refractivity contribution in [1.29, 1.82) is 0 Å². The summed E-state index contributed by atoms with van der Waals surface area (Å²) in [4.78, 5) is 0.799. The highest BCUT2D eigenvalue weighted by Crippen LogP contribution is 2.42. The van der Waals surface area contributed by atoms with Gasteiger partial charge in [-0.05, 0) is 6.42 Å². The Bertz CT molecular complexity index is 316. The van der Waals surface area contributed by atoms with Crippen molar-refractivity contribution in [2.24, 2.45) is 5.10 Å². The molecule has 0 aromatic carbocycles. The number of unbranched alkanes of at least 4 members (excludes halogenated alkanes) is 3. The molecule has 0 aromatic rings. The van der Waals surface area contributed by atoms with E-state index in [9.17, 15) is 22.0 Å². The minimum atomic E-state index is -5.58. The fraction of sp³-hybridized carbons (Fsp3) is 0.909. The second-order valence-electron chi connectivity index (χ2n) is 4.61. The molecule has 0 aromatic heterocycles. The molecule has 0 saturated carbocycles. The monoisotopic (exact) mass is 287 g/mol. The minimum Gasteiger partial charge on any atom is -0.337 e. The number of hydrogen-bond acceptors (Lipinski definition) is 3. The van der Waals surface area contributed by atoms with Crippen LogP contribution in [0.2, 0.25) is 0 Å². The largest absolute Gasteiger partial charge is 0.457 e. The highest BCUT2D eigenvalue weighted by molar-refractivity contribution is 5.57. The average Bonchev–Trinajstić information content (AvgIpc) is 2.65. The van der Waals surface area contributed by atoms with E-state index in [1.165, 1.54) is 7.05 Å². The normalized spacial score (nSPS) is 20.5. The van der Waals surface area contributed by atoms with Gasteiger partial charge in [0.05, 0.1) is 0 Å². The minimum absolute atomic E-state index is 0.0944. The first-order chi connectivity index (χ1) is 8.71. The number of hydrazone groups is 1. The molecule has 0 saturated heterocycles. The molecule has 0 N–H and O–H groups in total. The highest BCUT2D eigenvalue weighted by Gasteiger charge is 2.66. The fourth-order valence-electron chi connectivity index (χ4n) is 1.95. The molecule has 1 aliphatic heterocycles. The van der Waals surface area contributed by atoms with Crippen molar-refractivity contribution in [1.82, 2.24) is 9.91 Å². The van der Waals surface area contributed by atoms with E-state index in [1.54, 1.807) is 0 Å². The van der Waals surface area contributed by atoms with Crippen LogP contribution in [0.4, 0.5) is 22.0 Å². The zero-order valence-corrected chi connectivity index (χ0v) is 10.9. The third-order valence-corrected chi connectivity index (χ3v) is 2.99. The van der Waals surface area contributed by atoms with E-state index in [0.717, 1.165) is 35.5 Å². The highest BCUT2D eigenvalue weighted by atomic mass is 19.4. The molecule has 0 radical (unpaired) electrons. The van der Waals surface area contributed by atoms with Gasteiger partial charge in [-0.15, -0.1) is 0 Å². The van der Waals surface area contributed by atoms with Crippen molar-refractivity contribution in [3.63, 3.8) is 0 Å². The molecule has 8 heteroatoms. The van der Waals surface area contributed by atoms with Crippen molar-refractivity contribution in [3.05, 3.63) is 0 Å². The van der Waals surface area contributed by atoms with Crippen LogP contribution in [0.5, 0.6) is 0 Å². The molecule has 0 bridgehead atoms. The lowest BCUT2D eigenvalue weighted by atomic mass is 10.2. The van der Waals surface area contributed by atoms with E-state index in [1.807, 2.05) is 6.92 Å². The summed E-state index contributed by atoms with van der Waals surface area (Å²) < 4.78 is 64.1. The average molecular weight is 287 g/mol. The van der Waals surface area contributed by atoms with Gasteiger partial charge in [-0.25, -0.2) is 0 Å². The van der Waals surface area contributed by atoms with Gasteiger partial charge in [0.15, 0.2) is 6.17 Å². The smallest absolute Gasteiger partial charge is 0.337 e. The van der Waals surface area contributed by atoms with Crippen LogP contribution in [0.1, 0.15) is 32.6 Å². The van der Waals surface area contributed by atoms with Crippen LogP contribution in [0.3, 0.4) is 0 Å². The molecule has 19 heavy (non-hydrogen) atoms. The standard InChI is InChI=1S/C11H18F5N3/c1-3-4-5-6-7-19-9(18(2)8-17-19)10(12,13)11(14,15)16/h8-9H,3-7H2,1-2H3. The summed E-state index contributed by atoms with van der Waals surface area (Å²) in [7, 11) is 1.17. The number of rotatable bonds is 6. The van der Waals surface area contributed by atoms with E-state index in [4.69, 9.17) is 0 Å². The Morgan fingerprint density at radius 2 is 1.74 bits per heavy atom. The first-order valence-electron chi connectivity index (χ1n) is 6.19. The van der Waals surface area contributed by atoms with Crippen LogP contribution in [-0.2, 0) is 0 Å². The van der Waals surface area contributed by atoms with Gasteiger partial charge < -0.3 is 4.90 Å². The zero-order chi connectivity index (χ0) is 14.7. The maximum atomic E-state index is 13.4. The molecule has 0 aliphatic carbocycles. The van der Waals surface area contributed by atoms with E-state index in [0.29, 0.717) is 6.42 Å². The van der Waals surface area contributed by atoms with E-state index >= 15 is 0 Å². The Kier molecular flexibility index (Phi) is 4.98. The second kappa shape index (κ2) is 5.92. The Balaban J connectivity index is 2.69. The van der Waals surface area contributed by atoms with Gasteiger partial charge in [-0.1, -0.05) is 26.2 Å². The summed E-state index contributed by atoms with van der Waals surface area (Å²) in [6.45, 7) is 2.08. The third-order valence-electron chi connectivity index (χ3n) is 2.99. The molecule has 0 amide bonds. The zero-order valence-electron chi connectivity index (χ0n) is 10.9. The molecular formula is C11H18F5N3. The summed E-state index contributed by atoms with van der Waals surface area (Å²) in [6.07, 6.45) is -3.45. The van der Waals surface area contributed by atoms with Crippen LogP contribution in [0.25, 0.3) is 0 Å². The lowest BCUT2D eigenvalue weighted by Gasteiger charge is -2.35. The summed E-state index contributed by atoms with van der Waals surface area (Å²) in [5.74, 6) is -4.82. The van der Waals surface area contributed by atoms with Gasteiger partial charge in [0.25, 0.3) is 0 Å². The van der Waals surface area contributed by atoms with E-state index in [-0.39, 0.29) is 6.54 Å². The molecule has 1 heterocycles. The molecular weight excluding hydrogens is 269 g/mol. The lowest BCUT2D eigenvalue weighted by Crippen LogP contribution is -2.58. The summed E-state index contributed by atoms with van der Waals surface area (Å²) in [6, 6.07) is 0. The van der Waals surface area contributed by atoms with Gasteiger partial charge in [-0.2, -0.15) is 27.1 Å². The van der Waals surface area contributed by atoms with Gasteiger partial charge in [-0.3, -0.25) is 5.01 Å². The first-order valence-corrected chi connectivity index (χ1v) is 6.19. The maximum absolute atomic E-state index is 13.4. The molecule has 3 nitrogen and oxygen atoms in total. The Morgan fingerprint density at radius 1 is 1.11 bits per heavy atom. The Labute approximate surface area is 109 Å². The van der Waals surface area contributed by atoms with Crippen LogP contribution >= 0.6 is 0 Å². The quantitative estimate of drug-likeness (QED) is 0.551. The van der Waals surface area contributed by atoms with Crippen molar-refractivity contribution in [2.75, 3.05) is 13.6 Å². The summed E-state index contributed by atoms with van der Waals surface area (Å²) in [5.41, 5.74) is 0. The summed E-state index contributed by atoms with van der Waals surface area (Å²) in [5, 5.41) is 4.45. The van der Waals surface area contributed by atoms with E-state index < -0.39 is 18.3 Å². The molecule has 1 aliphatic rings. The van der Waals surface area contributed by atoms with Crippen molar-refractivity contribution in [3.8, 4) is 0 Å². The molecule has 0 fully saturated rings. The molecule has 1 unspecified atom stereocenters. The predicted molar refractivity (Wildman–Crippen MR) is 61.9 cm³/mol. The first kappa shape index (κ1) is 16.0. The van der Waals surface area contributed by atoms with Gasteiger partial charge >= 0.3 is 12.1 Å². The number of hydrogen-bond donors (Lipinski definition) is 0. The molecule has 1 rings (SSSR count). The number of halogens is 5. The fourth-order valence-corrected chi connectivity index (χ4v) is 1.95. The van der Waals surface area contributed by atoms with Crippen LogP contribution in [0.15, 0.2) is 5.10 Å². The predicted octanol–water partition coefficient (Wildman–Crippen LogP) is 3.28. The number of alkyl halides is 5. The van der Waals surface area contributed by atoms with Crippen LogP contribution < -0.4 is 0 Å². The number of nitrogens with zero attached hydrogens (tertiary/aromatic N) is 3. The topological polar surface area (TPSA) is 18.8 Å². The van der Waals surface area contributed by atoms with Gasteiger partial charge in [0.2, 0.25) is 0 Å². The Morgan fingerprint density at radius 3 is 2.26 bits per heavy atom. The third kappa shape index (κ3) is 3.48. The Hall–Kier alpha value is -1.08. The summed E-state index contributed by atoms with van der Waals surface area (Å²) >= 11 is 0. The van der Waals surface area contributed by atoms with Crippen LogP contribution in [-0.4, -0.2) is 48.1 Å². The lowest BCUT2D eigenvalue weighted by molar-refractivity contribution is -0.313. The van der Waals surface area contributed by atoms with Crippen LogP contribution in [0, 0.1) is 0 Å². The van der Waals surface area contributed by atoms with E-state index in [2.05, 4.69) is 5.10 Å². The molecule has 112 valence electrons.